The van der Waals surface area contributed by atoms with Crippen LogP contribution in [0, 0.1) is 19.8 Å². The van der Waals surface area contributed by atoms with E-state index in [4.69, 9.17) is 0 Å². The van der Waals surface area contributed by atoms with E-state index >= 15 is 0 Å². The van der Waals surface area contributed by atoms with Crippen LogP contribution in [0.1, 0.15) is 30.9 Å². The minimum Gasteiger partial charge on any atom is -0.368 e. The van der Waals surface area contributed by atoms with Gasteiger partial charge in [0.1, 0.15) is 0 Å². The van der Waals surface area contributed by atoms with Crippen molar-refractivity contribution in [1.29, 1.82) is 0 Å². The smallest absolute Gasteiger partial charge is 0.243 e. The molecule has 2 aliphatic heterocycles. The van der Waals surface area contributed by atoms with Crippen molar-refractivity contribution in [3.63, 3.8) is 0 Å². The van der Waals surface area contributed by atoms with Gasteiger partial charge in [-0.1, -0.05) is 12.1 Å². The Kier molecular flexibility index (Phi) is 6.41. The van der Waals surface area contributed by atoms with Crippen LogP contribution in [0.25, 0.3) is 0 Å². The molecule has 1 N–H and O–H groups in total. The minimum absolute atomic E-state index is 0.0752. The Balaban J connectivity index is 1.28. The first kappa shape index (κ1) is 21.5. The summed E-state index contributed by atoms with van der Waals surface area (Å²) in [5.74, 6) is 0.543. The number of rotatable bonds is 4. The number of anilines is 3. The van der Waals surface area contributed by atoms with Crippen molar-refractivity contribution >= 4 is 40.1 Å². The van der Waals surface area contributed by atoms with Gasteiger partial charge >= 0.3 is 0 Å². The van der Waals surface area contributed by atoms with Crippen LogP contribution in [0.2, 0.25) is 0 Å². The molecule has 2 aromatic rings. The molecule has 2 amide bonds. The van der Waals surface area contributed by atoms with Gasteiger partial charge in [0.25, 0.3) is 0 Å². The summed E-state index contributed by atoms with van der Waals surface area (Å²) in [4.78, 5) is 35.2. The summed E-state index contributed by atoms with van der Waals surface area (Å²) < 4.78 is 4.18. The zero-order valence-electron chi connectivity index (χ0n) is 18.4. The number of benzene rings is 1. The van der Waals surface area contributed by atoms with Crippen LogP contribution in [-0.2, 0) is 9.59 Å². The lowest BCUT2D eigenvalue weighted by Gasteiger charge is -2.39. The highest BCUT2D eigenvalue weighted by atomic mass is 32.1. The van der Waals surface area contributed by atoms with E-state index in [0.717, 1.165) is 57.2 Å². The number of amides is 2. The molecule has 2 saturated heterocycles. The van der Waals surface area contributed by atoms with Gasteiger partial charge in [-0.2, -0.15) is 9.36 Å². The van der Waals surface area contributed by atoms with Gasteiger partial charge in [-0.15, -0.1) is 0 Å². The van der Waals surface area contributed by atoms with E-state index in [1.807, 2.05) is 4.90 Å². The highest BCUT2D eigenvalue weighted by Crippen LogP contribution is 2.28. The molecule has 1 aromatic carbocycles. The molecule has 3 heterocycles. The summed E-state index contributed by atoms with van der Waals surface area (Å²) in [6.07, 6.45) is 1.65. The second-order valence-corrected chi connectivity index (χ2v) is 9.10. The largest absolute Gasteiger partial charge is 0.368 e. The number of piperidine rings is 1. The van der Waals surface area contributed by atoms with Crippen molar-refractivity contribution in [2.45, 2.75) is 33.6 Å². The van der Waals surface area contributed by atoms with Crippen LogP contribution < -0.4 is 15.1 Å². The number of aromatic nitrogens is 2. The van der Waals surface area contributed by atoms with Crippen LogP contribution in [0.15, 0.2) is 18.2 Å². The summed E-state index contributed by atoms with van der Waals surface area (Å²) in [7, 11) is 0. The first-order valence-electron chi connectivity index (χ1n) is 10.9. The zero-order chi connectivity index (χ0) is 22.0. The van der Waals surface area contributed by atoms with Gasteiger partial charge in [0.15, 0.2) is 0 Å². The number of piperazine rings is 1. The molecular formula is C22H30N6O2S. The molecule has 2 fully saturated rings. The Morgan fingerprint density at radius 2 is 1.74 bits per heavy atom. The number of nitrogens with zero attached hydrogens (tertiary/aromatic N) is 5. The van der Waals surface area contributed by atoms with Crippen molar-refractivity contribution in [1.82, 2.24) is 14.3 Å². The van der Waals surface area contributed by atoms with Gasteiger partial charge in [-0.05, 0) is 43.9 Å². The molecule has 0 aliphatic carbocycles. The molecule has 0 atom stereocenters. The molecule has 2 aliphatic rings. The van der Waals surface area contributed by atoms with Crippen molar-refractivity contribution in [2.75, 3.05) is 54.4 Å². The molecule has 31 heavy (non-hydrogen) atoms. The fraction of sp³-hybridized carbons (Fsp3) is 0.545. The summed E-state index contributed by atoms with van der Waals surface area (Å²) in [6.45, 7) is 10.7. The van der Waals surface area contributed by atoms with Crippen LogP contribution in [-0.4, -0.2) is 65.3 Å². The maximum Gasteiger partial charge on any atom is 0.243 e. The highest BCUT2D eigenvalue weighted by Gasteiger charge is 2.31. The molecule has 0 spiro atoms. The van der Waals surface area contributed by atoms with E-state index in [1.54, 1.807) is 0 Å². The predicted molar refractivity (Wildman–Crippen MR) is 124 cm³/mol. The summed E-state index contributed by atoms with van der Waals surface area (Å²) >= 11 is 1.29. The Labute approximate surface area is 187 Å². The minimum atomic E-state index is -0.175. The summed E-state index contributed by atoms with van der Waals surface area (Å²) in [5, 5.41) is 3.42. The SMILES string of the molecule is CC(=O)Nc1nsc(N2CCC(C(=O)N3CCN(c4cccc(C)c4C)CC3)CC2)n1. The first-order chi connectivity index (χ1) is 14.9. The molecule has 0 unspecified atom stereocenters. The van der Waals surface area contributed by atoms with Crippen LogP contribution >= 0.6 is 11.5 Å². The van der Waals surface area contributed by atoms with Crippen LogP contribution in [0.4, 0.5) is 16.8 Å². The Hall–Kier alpha value is -2.68. The lowest BCUT2D eigenvalue weighted by atomic mass is 9.95. The van der Waals surface area contributed by atoms with E-state index < -0.39 is 0 Å². The van der Waals surface area contributed by atoms with Crippen LogP contribution in [0.3, 0.4) is 0 Å². The monoisotopic (exact) mass is 442 g/mol. The number of carbonyl (C=O) groups is 2. The van der Waals surface area contributed by atoms with E-state index in [-0.39, 0.29) is 17.7 Å². The zero-order valence-corrected chi connectivity index (χ0v) is 19.2. The molecular weight excluding hydrogens is 412 g/mol. The number of aryl methyl sites for hydroxylation is 1. The molecule has 4 rings (SSSR count). The third-order valence-electron chi connectivity index (χ3n) is 6.33. The summed E-state index contributed by atoms with van der Waals surface area (Å²) in [6, 6.07) is 6.44. The van der Waals surface area contributed by atoms with Crippen molar-refractivity contribution in [3.05, 3.63) is 29.3 Å². The topological polar surface area (TPSA) is 81.7 Å². The first-order valence-corrected chi connectivity index (χ1v) is 11.7. The highest BCUT2D eigenvalue weighted by molar-refractivity contribution is 7.09. The molecule has 0 radical (unpaired) electrons. The summed E-state index contributed by atoms with van der Waals surface area (Å²) in [5.41, 5.74) is 3.92. The van der Waals surface area contributed by atoms with Crippen molar-refractivity contribution < 1.29 is 9.59 Å². The lowest BCUT2D eigenvalue weighted by molar-refractivity contribution is -0.136. The maximum absolute atomic E-state index is 13.1. The Bertz CT molecular complexity index is 945. The average molecular weight is 443 g/mol. The van der Waals surface area contributed by atoms with Gasteiger partial charge in [0.05, 0.1) is 0 Å². The van der Waals surface area contributed by atoms with E-state index in [1.165, 1.54) is 35.3 Å². The number of carbonyl (C=O) groups excluding carboxylic acids is 2. The molecule has 1 aromatic heterocycles. The van der Waals surface area contributed by atoms with Gasteiger partial charge in [0.2, 0.25) is 22.9 Å². The lowest BCUT2D eigenvalue weighted by Crippen LogP contribution is -2.51. The molecule has 8 nitrogen and oxygen atoms in total. The third kappa shape index (κ3) is 4.81. The fourth-order valence-corrected chi connectivity index (χ4v) is 5.05. The van der Waals surface area contributed by atoms with E-state index in [2.05, 4.69) is 56.5 Å². The maximum atomic E-state index is 13.1. The average Bonchev–Trinajstić information content (AvgIpc) is 3.23. The number of hydrogen-bond donors (Lipinski definition) is 1. The second-order valence-electron chi connectivity index (χ2n) is 8.37. The molecule has 166 valence electrons. The third-order valence-corrected chi connectivity index (χ3v) is 7.10. The normalized spacial score (nSPS) is 17.7. The Morgan fingerprint density at radius 1 is 1.03 bits per heavy atom. The van der Waals surface area contributed by atoms with Gasteiger partial charge < -0.3 is 14.7 Å². The van der Waals surface area contributed by atoms with Gasteiger partial charge in [-0.25, -0.2) is 0 Å². The predicted octanol–water partition coefficient (Wildman–Crippen LogP) is 2.68. The van der Waals surface area contributed by atoms with Crippen molar-refractivity contribution in [2.24, 2.45) is 5.92 Å². The van der Waals surface area contributed by atoms with Crippen LogP contribution in [0.5, 0.6) is 0 Å². The molecule has 0 saturated carbocycles. The number of hydrogen-bond acceptors (Lipinski definition) is 7. The van der Waals surface area contributed by atoms with Gasteiger partial charge in [0, 0.05) is 69.3 Å². The van der Waals surface area contributed by atoms with E-state index in [0.29, 0.717) is 5.95 Å². The van der Waals surface area contributed by atoms with Crippen molar-refractivity contribution in [3.8, 4) is 0 Å². The standard InChI is InChI=1S/C22H30N6O2S/c1-15-5-4-6-19(16(15)2)26-11-13-27(14-12-26)20(30)18-7-9-28(10-8-18)22-24-21(25-31-22)23-17(3)29/h4-6,18H,7-14H2,1-3H3,(H,23,25,29). The Morgan fingerprint density at radius 3 is 2.42 bits per heavy atom. The molecule has 0 bridgehead atoms. The number of nitrogens with one attached hydrogen (secondary N) is 1. The van der Waals surface area contributed by atoms with Gasteiger partial charge in [-0.3, -0.25) is 14.9 Å². The molecule has 9 heteroatoms. The fourth-order valence-electron chi connectivity index (χ4n) is 4.37. The quantitative estimate of drug-likeness (QED) is 0.784. The second kappa shape index (κ2) is 9.21. The van der Waals surface area contributed by atoms with E-state index in [9.17, 15) is 9.59 Å².